The van der Waals surface area contributed by atoms with Crippen molar-refractivity contribution in [2.24, 2.45) is 0 Å². The van der Waals surface area contributed by atoms with Crippen molar-refractivity contribution >= 4 is 15.9 Å². The largest absolute Gasteiger partial charge is 0.486 e. The third-order valence-electron chi connectivity index (χ3n) is 2.77. The van der Waals surface area contributed by atoms with Gasteiger partial charge in [-0.05, 0) is 42.9 Å². The average molecular weight is 342 g/mol. The number of nitrogens with one attached hydrogen (secondary N) is 1. The Bertz CT molecular complexity index is 604. The van der Waals surface area contributed by atoms with E-state index >= 15 is 0 Å². The quantitative estimate of drug-likeness (QED) is 0.886. The second-order valence-corrected chi connectivity index (χ2v) is 5.24. The molecule has 20 heavy (non-hydrogen) atoms. The van der Waals surface area contributed by atoms with Crippen molar-refractivity contribution in [3.8, 4) is 5.75 Å². The summed E-state index contributed by atoms with van der Waals surface area (Å²) < 4.78 is 33.4. The van der Waals surface area contributed by atoms with Crippen molar-refractivity contribution in [1.82, 2.24) is 5.32 Å². The van der Waals surface area contributed by atoms with Gasteiger partial charge in [-0.3, -0.25) is 0 Å². The van der Waals surface area contributed by atoms with E-state index in [4.69, 9.17) is 4.74 Å². The van der Waals surface area contributed by atoms with Gasteiger partial charge >= 0.3 is 0 Å². The Balaban J connectivity index is 2.09. The van der Waals surface area contributed by atoms with Gasteiger partial charge in [0.05, 0.1) is 0 Å². The highest BCUT2D eigenvalue weighted by Gasteiger charge is 2.08. The summed E-state index contributed by atoms with van der Waals surface area (Å²) in [6, 6.07) is 9.29. The lowest BCUT2D eigenvalue weighted by Crippen LogP contribution is -2.06. The lowest BCUT2D eigenvalue weighted by Gasteiger charge is -2.09. The minimum absolute atomic E-state index is 0.0203. The zero-order chi connectivity index (χ0) is 14.5. The number of hydrogen-bond acceptors (Lipinski definition) is 2. The van der Waals surface area contributed by atoms with E-state index in [1.165, 1.54) is 12.1 Å². The summed E-state index contributed by atoms with van der Waals surface area (Å²) in [5.41, 5.74) is 1.20. The van der Waals surface area contributed by atoms with E-state index in [2.05, 4.69) is 21.2 Å². The van der Waals surface area contributed by atoms with Crippen LogP contribution in [0, 0.1) is 11.6 Å². The van der Waals surface area contributed by atoms with Crippen LogP contribution < -0.4 is 10.1 Å². The van der Waals surface area contributed by atoms with E-state index in [0.717, 1.165) is 10.0 Å². The standard InChI is InChI=1S/C15H14BrF2NO/c1-19-8-10-2-5-15(14(18)6-10)20-9-11-7-12(16)3-4-13(11)17/h2-7,19H,8-9H2,1H3. The molecule has 0 saturated heterocycles. The number of halogens is 3. The first-order chi connectivity index (χ1) is 9.60. The van der Waals surface area contributed by atoms with Gasteiger partial charge in [-0.25, -0.2) is 8.78 Å². The highest BCUT2D eigenvalue weighted by Crippen LogP contribution is 2.21. The number of ether oxygens (including phenoxy) is 1. The SMILES string of the molecule is CNCc1ccc(OCc2cc(Br)ccc2F)c(F)c1. The van der Waals surface area contributed by atoms with Crippen molar-refractivity contribution in [3.63, 3.8) is 0 Å². The van der Waals surface area contributed by atoms with Crippen LogP contribution in [0.5, 0.6) is 5.75 Å². The third kappa shape index (κ3) is 3.77. The van der Waals surface area contributed by atoms with Crippen molar-refractivity contribution < 1.29 is 13.5 Å². The molecule has 0 unspecified atom stereocenters. The number of hydrogen-bond donors (Lipinski definition) is 1. The van der Waals surface area contributed by atoms with Gasteiger partial charge in [-0.15, -0.1) is 0 Å². The van der Waals surface area contributed by atoms with E-state index in [9.17, 15) is 8.78 Å². The van der Waals surface area contributed by atoms with Crippen LogP contribution in [0.3, 0.4) is 0 Å². The summed E-state index contributed by atoms with van der Waals surface area (Å²) in [4.78, 5) is 0. The maximum absolute atomic E-state index is 13.8. The summed E-state index contributed by atoms with van der Waals surface area (Å²) >= 11 is 3.26. The third-order valence-corrected chi connectivity index (χ3v) is 3.26. The monoisotopic (exact) mass is 341 g/mol. The van der Waals surface area contributed by atoms with E-state index in [1.807, 2.05) is 0 Å². The summed E-state index contributed by atoms with van der Waals surface area (Å²) in [7, 11) is 1.79. The first-order valence-electron chi connectivity index (χ1n) is 6.10. The van der Waals surface area contributed by atoms with Gasteiger partial charge in [0.1, 0.15) is 12.4 Å². The fourth-order valence-corrected chi connectivity index (χ4v) is 2.19. The van der Waals surface area contributed by atoms with E-state index in [-0.39, 0.29) is 18.2 Å². The molecule has 1 N–H and O–H groups in total. The normalized spacial score (nSPS) is 10.6. The van der Waals surface area contributed by atoms with Gasteiger partial charge in [-0.1, -0.05) is 22.0 Å². The van der Waals surface area contributed by atoms with Gasteiger partial charge in [0.25, 0.3) is 0 Å². The first kappa shape index (κ1) is 14.9. The van der Waals surface area contributed by atoms with E-state index < -0.39 is 5.82 Å². The molecule has 0 radical (unpaired) electrons. The molecule has 106 valence electrons. The summed E-state index contributed by atoms with van der Waals surface area (Å²) in [5, 5.41) is 2.94. The van der Waals surface area contributed by atoms with Crippen molar-refractivity contribution in [2.45, 2.75) is 13.2 Å². The van der Waals surface area contributed by atoms with E-state index in [0.29, 0.717) is 12.1 Å². The van der Waals surface area contributed by atoms with Crippen LogP contribution in [0.15, 0.2) is 40.9 Å². The number of benzene rings is 2. The second-order valence-electron chi connectivity index (χ2n) is 4.32. The fourth-order valence-electron chi connectivity index (χ4n) is 1.78. The Morgan fingerprint density at radius 1 is 1.10 bits per heavy atom. The van der Waals surface area contributed by atoms with Crippen LogP contribution in [0.4, 0.5) is 8.78 Å². The van der Waals surface area contributed by atoms with Crippen molar-refractivity contribution in [2.75, 3.05) is 7.05 Å². The Morgan fingerprint density at radius 2 is 1.90 bits per heavy atom. The molecule has 0 atom stereocenters. The highest BCUT2D eigenvalue weighted by atomic mass is 79.9. The first-order valence-corrected chi connectivity index (χ1v) is 6.89. The molecule has 0 aliphatic rings. The van der Waals surface area contributed by atoms with Crippen LogP contribution in [0.1, 0.15) is 11.1 Å². The molecular weight excluding hydrogens is 328 g/mol. The molecule has 0 spiro atoms. The second kappa shape index (κ2) is 6.81. The van der Waals surface area contributed by atoms with E-state index in [1.54, 1.807) is 31.3 Å². The van der Waals surface area contributed by atoms with Gasteiger partial charge in [0.2, 0.25) is 0 Å². The van der Waals surface area contributed by atoms with Crippen LogP contribution in [-0.2, 0) is 13.2 Å². The molecule has 2 nitrogen and oxygen atoms in total. The van der Waals surface area contributed by atoms with Crippen molar-refractivity contribution in [3.05, 3.63) is 63.6 Å². The maximum Gasteiger partial charge on any atom is 0.165 e. The summed E-state index contributed by atoms with van der Waals surface area (Å²) in [6.07, 6.45) is 0. The minimum Gasteiger partial charge on any atom is -0.486 e. The predicted molar refractivity (Wildman–Crippen MR) is 77.6 cm³/mol. The molecule has 0 aliphatic carbocycles. The maximum atomic E-state index is 13.8. The van der Waals surface area contributed by atoms with Crippen LogP contribution >= 0.6 is 15.9 Å². The zero-order valence-electron chi connectivity index (χ0n) is 10.9. The molecule has 0 aliphatic heterocycles. The number of rotatable bonds is 5. The minimum atomic E-state index is -0.451. The van der Waals surface area contributed by atoms with Crippen LogP contribution in [0.25, 0.3) is 0 Å². The van der Waals surface area contributed by atoms with Gasteiger partial charge in [0.15, 0.2) is 11.6 Å². The zero-order valence-corrected chi connectivity index (χ0v) is 12.5. The van der Waals surface area contributed by atoms with Crippen LogP contribution in [-0.4, -0.2) is 7.05 Å². The Morgan fingerprint density at radius 3 is 2.60 bits per heavy atom. The lowest BCUT2D eigenvalue weighted by molar-refractivity contribution is 0.284. The molecule has 0 saturated carbocycles. The molecule has 0 fully saturated rings. The highest BCUT2D eigenvalue weighted by molar-refractivity contribution is 9.10. The van der Waals surface area contributed by atoms with Crippen molar-refractivity contribution in [1.29, 1.82) is 0 Å². The predicted octanol–water partition coefficient (Wildman–Crippen LogP) is 4.03. The fraction of sp³-hybridized carbons (Fsp3) is 0.200. The molecule has 2 aromatic rings. The molecule has 0 amide bonds. The Kier molecular flexibility index (Phi) is 5.09. The van der Waals surface area contributed by atoms with Gasteiger partial charge < -0.3 is 10.1 Å². The smallest absolute Gasteiger partial charge is 0.165 e. The molecule has 2 aromatic carbocycles. The summed E-state index contributed by atoms with van der Waals surface area (Å²) in [5.74, 6) is -0.710. The summed E-state index contributed by atoms with van der Waals surface area (Å²) in [6.45, 7) is 0.561. The van der Waals surface area contributed by atoms with Gasteiger partial charge in [-0.2, -0.15) is 0 Å². The lowest BCUT2D eigenvalue weighted by atomic mass is 10.2. The van der Waals surface area contributed by atoms with Gasteiger partial charge in [0, 0.05) is 16.6 Å². The molecule has 2 rings (SSSR count). The molecular formula is C15H14BrF2NO. The Hall–Kier alpha value is -1.46. The molecule has 5 heteroatoms. The topological polar surface area (TPSA) is 21.3 Å². The molecule has 0 bridgehead atoms. The molecule has 0 aromatic heterocycles. The molecule has 0 heterocycles. The average Bonchev–Trinajstić information content (AvgIpc) is 2.42. The Labute approximate surface area is 124 Å². The van der Waals surface area contributed by atoms with Crippen LogP contribution in [0.2, 0.25) is 0 Å².